The van der Waals surface area contributed by atoms with Crippen LogP contribution in [-0.4, -0.2) is 24.2 Å². The van der Waals surface area contributed by atoms with Gasteiger partial charge in [0.15, 0.2) is 6.17 Å². The lowest BCUT2D eigenvalue weighted by molar-refractivity contribution is -0.344. The number of ether oxygens (including phenoxy) is 1. The lowest BCUT2D eigenvalue weighted by Gasteiger charge is -2.27. The number of alkyl halides is 5. The summed E-state index contributed by atoms with van der Waals surface area (Å²) in [5.74, 6) is -6.76. The zero-order valence-electron chi connectivity index (χ0n) is 8.70. The van der Waals surface area contributed by atoms with Crippen LogP contribution in [0, 0.1) is 0 Å². The monoisotopic (exact) mass is 246 g/mol. The number of hydrogen-bond acceptors (Lipinski definition) is 2. The lowest BCUT2D eigenvalue weighted by Crippen LogP contribution is -2.50. The van der Waals surface area contributed by atoms with Crippen LogP contribution in [0.3, 0.4) is 0 Å². The van der Waals surface area contributed by atoms with E-state index in [0.29, 0.717) is 0 Å². The van der Waals surface area contributed by atoms with E-state index < -0.39 is 36.2 Å². The first-order valence-electron chi connectivity index (χ1n) is 4.34. The molecule has 0 radical (unpaired) electrons. The van der Waals surface area contributed by atoms with Crippen LogP contribution in [-0.2, 0) is 9.53 Å². The topological polar surface area (TPSA) is 26.3 Å². The summed E-state index contributed by atoms with van der Waals surface area (Å²) < 4.78 is 67.0. The van der Waals surface area contributed by atoms with Crippen molar-refractivity contribution >= 4 is 5.97 Å². The molecule has 0 aromatic carbocycles. The molecule has 0 rings (SSSR count). The number of rotatable bonds is 5. The SMILES string of the molecule is C=C(C)C(=O)OC(F)(F)C(F)(F)C(F)CC. The van der Waals surface area contributed by atoms with E-state index in [1.165, 1.54) is 0 Å². The highest BCUT2D eigenvalue weighted by Crippen LogP contribution is 2.40. The fourth-order valence-corrected chi connectivity index (χ4v) is 0.710. The first kappa shape index (κ1) is 14.9. The van der Waals surface area contributed by atoms with Gasteiger partial charge < -0.3 is 4.74 Å². The molecule has 0 spiro atoms. The molecule has 0 aromatic heterocycles. The molecule has 2 nitrogen and oxygen atoms in total. The number of halogens is 5. The Hall–Kier alpha value is -1.14. The number of carbonyl (C=O) groups excluding carboxylic acids is 1. The predicted molar refractivity (Wildman–Crippen MR) is 46.0 cm³/mol. The molecule has 0 aliphatic heterocycles. The standard InChI is InChI=1S/C9H11F5O2/c1-4-6(10)8(11,12)9(13,14)16-7(15)5(2)3/h6H,2,4H2,1,3H3. The van der Waals surface area contributed by atoms with Crippen molar-refractivity contribution in [2.24, 2.45) is 0 Å². The maximum atomic E-state index is 12.8. The van der Waals surface area contributed by atoms with E-state index >= 15 is 0 Å². The summed E-state index contributed by atoms with van der Waals surface area (Å²) in [5, 5.41) is 0. The van der Waals surface area contributed by atoms with E-state index in [-0.39, 0.29) is 0 Å². The van der Waals surface area contributed by atoms with E-state index in [1.54, 1.807) is 0 Å². The van der Waals surface area contributed by atoms with Gasteiger partial charge in [-0.25, -0.2) is 9.18 Å². The van der Waals surface area contributed by atoms with E-state index in [2.05, 4.69) is 11.3 Å². The molecule has 0 saturated carbocycles. The maximum Gasteiger partial charge on any atom is 0.469 e. The van der Waals surface area contributed by atoms with Gasteiger partial charge >= 0.3 is 18.0 Å². The van der Waals surface area contributed by atoms with Crippen LogP contribution in [0.15, 0.2) is 12.2 Å². The molecule has 0 bridgehead atoms. The molecule has 0 N–H and O–H groups in total. The summed E-state index contributed by atoms with van der Waals surface area (Å²) >= 11 is 0. The van der Waals surface area contributed by atoms with Gasteiger partial charge in [-0.05, 0) is 13.3 Å². The summed E-state index contributed by atoms with van der Waals surface area (Å²) in [5.41, 5.74) is -0.484. The Labute approximate surface area is 89.1 Å². The van der Waals surface area contributed by atoms with Crippen molar-refractivity contribution in [3.8, 4) is 0 Å². The molecule has 0 heterocycles. The zero-order chi connectivity index (χ0) is 13.1. The van der Waals surface area contributed by atoms with Crippen LogP contribution >= 0.6 is 0 Å². The highest BCUT2D eigenvalue weighted by atomic mass is 19.3. The van der Waals surface area contributed by atoms with Crippen LogP contribution in [0.25, 0.3) is 0 Å². The van der Waals surface area contributed by atoms with Crippen molar-refractivity contribution in [1.82, 2.24) is 0 Å². The van der Waals surface area contributed by atoms with Gasteiger partial charge in [0.05, 0.1) is 0 Å². The van der Waals surface area contributed by atoms with Crippen molar-refractivity contribution in [1.29, 1.82) is 0 Å². The second kappa shape index (κ2) is 4.80. The fourth-order valence-electron chi connectivity index (χ4n) is 0.710. The minimum absolute atomic E-state index is 0.484. The third-order valence-corrected chi connectivity index (χ3v) is 1.71. The Balaban J connectivity index is 4.90. The minimum atomic E-state index is -5.20. The Morgan fingerprint density at radius 3 is 2.12 bits per heavy atom. The van der Waals surface area contributed by atoms with Crippen molar-refractivity contribution < 1.29 is 31.5 Å². The van der Waals surface area contributed by atoms with Gasteiger partial charge in [0.25, 0.3) is 0 Å². The molecular weight excluding hydrogens is 235 g/mol. The quantitative estimate of drug-likeness (QED) is 0.423. The molecule has 94 valence electrons. The summed E-state index contributed by atoms with van der Waals surface area (Å²) in [6.45, 7) is 4.91. The average molecular weight is 246 g/mol. The molecular formula is C9H11F5O2. The summed E-state index contributed by atoms with van der Waals surface area (Å²) in [4.78, 5) is 10.7. The van der Waals surface area contributed by atoms with Gasteiger partial charge in [-0.1, -0.05) is 13.5 Å². The molecule has 1 unspecified atom stereocenters. The van der Waals surface area contributed by atoms with E-state index in [0.717, 1.165) is 13.8 Å². The summed E-state index contributed by atoms with van der Waals surface area (Å²) in [6.07, 6.45) is -9.12. The van der Waals surface area contributed by atoms with Gasteiger partial charge in [0.2, 0.25) is 0 Å². The minimum Gasteiger partial charge on any atom is -0.393 e. The second-order valence-electron chi connectivity index (χ2n) is 3.19. The van der Waals surface area contributed by atoms with Crippen molar-refractivity contribution in [2.75, 3.05) is 0 Å². The van der Waals surface area contributed by atoms with Gasteiger partial charge in [0.1, 0.15) is 0 Å². The smallest absolute Gasteiger partial charge is 0.393 e. The first-order chi connectivity index (χ1) is 7.06. The third kappa shape index (κ3) is 2.93. The second-order valence-corrected chi connectivity index (χ2v) is 3.19. The van der Waals surface area contributed by atoms with Gasteiger partial charge in [-0.3, -0.25) is 0 Å². The lowest BCUT2D eigenvalue weighted by atomic mass is 10.1. The van der Waals surface area contributed by atoms with Gasteiger partial charge in [-0.15, -0.1) is 0 Å². The number of carbonyl (C=O) groups is 1. The van der Waals surface area contributed by atoms with Crippen molar-refractivity contribution in [3.63, 3.8) is 0 Å². The highest BCUT2D eigenvalue weighted by Gasteiger charge is 2.65. The molecule has 0 saturated heterocycles. The Morgan fingerprint density at radius 2 is 1.81 bits per heavy atom. The average Bonchev–Trinajstić information content (AvgIpc) is 2.15. The molecule has 0 aliphatic rings. The zero-order valence-corrected chi connectivity index (χ0v) is 8.70. The molecule has 1 atom stereocenters. The van der Waals surface area contributed by atoms with Crippen LogP contribution in [0.4, 0.5) is 22.0 Å². The molecule has 16 heavy (non-hydrogen) atoms. The normalized spacial score (nSPS) is 14.4. The number of hydrogen-bond donors (Lipinski definition) is 0. The van der Waals surface area contributed by atoms with E-state index in [4.69, 9.17) is 0 Å². The largest absolute Gasteiger partial charge is 0.469 e. The maximum absolute atomic E-state index is 12.8. The molecule has 0 aromatic rings. The third-order valence-electron chi connectivity index (χ3n) is 1.71. The van der Waals surface area contributed by atoms with Crippen molar-refractivity contribution in [3.05, 3.63) is 12.2 Å². The first-order valence-corrected chi connectivity index (χ1v) is 4.34. The number of esters is 1. The van der Waals surface area contributed by atoms with Crippen LogP contribution in [0.5, 0.6) is 0 Å². The van der Waals surface area contributed by atoms with E-state index in [9.17, 15) is 26.7 Å². The van der Waals surface area contributed by atoms with E-state index in [1.807, 2.05) is 0 Å². The van der Waals surface area contributed by atoms with Crippen LogP contribution in [0.1, 0.15) is 20.3 Å². The van der Waals surface area contributed by atoms with Gasteiger partial charge in [-0.2, -0.15) is 17.6 Å². The predicted octanol–water partition coefficient (Wildman–Crippen LogP) is 3.08. The highest BCUT2D eigenvalue weighted by molar-refractivity contribution is 5.87. The molecule has 0 aliphatic carbocycles. The molecule has 0 amide bonds. The van der Waals surface area contributed by atoms with Crippen LogP contribution < -0.4 is 0 Å². The molecule has 7 heteroatoms. The summed E-state index contributed by atoms with van der Waals surface area (Å²) in [6, 6.07) is 0. The Bertz CT molecular complexity index is 288. The van der Waals surface area contributed by atoms with Crippen molar-refractivity contribution in [2.45, 2.75) is 38.5 Å². The van der Waals surface area contributed by atoms with Crippen LogP contribution in [0.2, 0.25) is 0 Å². The fraction of sp³-hybridized carbons (Fsp3) is 0.667. The van der Waals surface area contributed by atoms with Gasteiger partial charge in [0, 0.05) is 5.57 Å². The molecule has 0 fully saturated rings. The summed E-state index contributed by atoms with van der Waals surface area (Å²) in [7, 11) is 0. The Kier molecular flexibility index (Phi) is 4.45. The Morgan fingerprint density at radius 1 is 1.38 bits per heavy atom.